The summed E-state index contributed by atoms with van der Waals surface area (Å²) in [7, 11) is 0. The van der Waals surface area contributed by atoms with Crippen molar-refractivity contribution in [2.45, 2.75) is 44.4 Å². The molecule has 13 heteroatoms. The van der Waals surface area contributed by atoms with E-state index in [2.05, 4.69) is 37.3 Å². The van der Waals surface area contributed by atoms with Crippen LogP contribution in [0.2, 0.25) is 0 Å². The number of nitriles is 1. The fourth-order valence-corrected chi connectivity index (χ4v) is 6.20. The summed E-state index contributed by atoms with van der Waals surface area (Å²) in [5.41, 5.74) is 10.2. The standard InChI is InChI=1S/C35H31F3N10/c36-35(37,38)24-4-1-3-23(19-24)28-10-11-29-34(44-28)48(33(45-29)27-5-2-15-42-32(27)40)26-8-6-22(7-9-26)21-47-17-13-25(14-18-47)43-30-12-16-41-31(20-39)46-30/h2-3,5-12,15-16,19,25H,1,4,13-14,17-18,21H2,(H2,40,42)(H,41,43,46). The fourth-order valence-electron chi connectivity index (χ4n) is 6.20. The molecule has 1 fully saturated rings. The number of hydrogen-bond acceptors (Lipinski definition) is 9. The van der Waals surface area contributed by atoms with Crippen molar-refractivity contribution in [3.05, 3.63) is 102 Å². The Balaban J connectivity index is 1.14. The highest BCUT2D eigenvalue weighted by molar-refractivity contribution is 5.85. The van der Waals surface area contributed by atoms with E-state index in [9.17, 15) is 13.2 Å². The zero-order chi connectivity index (χ0) is 33.3. The largest absolute Gasteiger partial charge is 0.412 e. The number of anilines is 2. The van der Waals surface area contributed by atoms with E-state index in [1.807, 2.05) is 28.8 Å². The van der Waals surface area contributed by atoms with Crippen LogP contribution in [-0.2, 0) is 6.54 Å². The molecule has 3 N–H and O–H groups in total. The molecule has 0 saturated carbocycles. The van der Waals surface area contributed by atoms with Crippen LogP contribution in [0.15, 0.2) is 84.7 Å². The molecule has 0 amide bonds. The normalized spacial score (nSPS) is 16.0. The van der Waals surface area contributed by atoms with Crippen LogP contribution in [0.4, 0.5) is 24.8 Å². The first-order valence-electron chi connectivity index (χ1n) is 15.6. The molecule has 0 unspecified atom stereocenters. The lowest BCUT2D eigenvalue weighted by Gasteiger charge is -2.32. The SMILES string of the molecule is N#Cc1nccc(NC2CCN(Cc3ccc(-n4c(-c5cccnc5N)nc5ccc(C6=CCCC(C(F)(F)F)=C6)nc54)cc3)CC2)n1. The van der Waals surface area contributed by atoms with E-state index in [-0.39, 0.29) is 24.7 Å². The number of halogens is 3. The number of piperidine rings is 1. The second-order valence-electron chi connectivity index (χ2n) is 11.9. The zero-order valence-corrected chi connectivity index (χ0v) is 25.8. The number of alkyl halides is 3. The van der Waals surface area contributed by atoms with Crippen molar-refractivity contribution < 1.29 is 13.2 Å². The molecule has 1 saturated heterocycles. The van der Waals surface area contributed by atoms with Crippen molar-refractivity contribution in [2.75, 3.05) is 24.1 Å². The summed E-state index contributed by atoms with van der Waals surface area (Å²) in [5, 5.41) is 12.5. The van der Waals surface area contributed by atoms with Gasteiger partial charge in [-0.05, 0) is 85.4 Å². The number of nitrogens with one attached hydrogen (secondary N) is 1. The Hall–Kier alpha value is -5.61. The second-order valence-corrected chi connectivity index (χ2v) is 11.9. The molecule has 48 heavy (non-hydrogen) atoms. The number of nitrogens with two attached hydrogens (primary N) is 1. The smallest absolute Gasteiger partial charge is 0.383 e. The summed E-state index contributed by atoms with van der Waals surface area (Å²) in [5.74, 6) is 1.66. The lowest BCUT2D eigenvalue weighted by atomic mass is 9.97. The van der Waals surface area contributed by atoms with Gasteiger partial charge < -0.3 is 11.1 Å². The average molecular weight is 649 g/mol. The number of likely N-dealkylation sites (tertiary alicyclic amines) is 1. The molecule has 5 aromatic rings. The fraction of sp³-hybridized carbons (Fsp3) is 0.257. The van der Waals surface area contributed by atoms with E-state index in [0.717, 1.165) is 43.7 Å². The summed E-state index contributed by atoms with van der Waals surface area (Å²) >= 11 is 0. The summed E-state index contributed by atoms with van der Waals surface area (Å²) in [6.07, 6.45) is 3.90. The number of nitrogens with zero attached hydrogens (tertiary/aromatic N) is 8. The minimum atomic E-state index is -4.38. The average Bonchev–Trinajstić information content (AvgIpc) is 3.48. The second kappa shape index (κ2) is 12.9. The van der Waals surface area contributed by atoms with Gasteiger partial charge in [-0.25, -0.2) is 24.9 Å². The molecule has 242 valence electrons. The van der Waals surface area contributed by atoms with Crippen molar-refractivity contribution in [3.8, 4) is 23.1 Å². The molecular formula is C35H31F3N10. The van der Waals surface area contributed by atoms with E-state index in [1.54, 1.807) is 42.7 Å². The summed E-state index contributed by atoms with van der Waals surface area (Å²) in [6, 6.07) is 19.2. The Bertz CT molecular complexity index is 2070. The van der Waals surface area contributed by atoms with Crippen LogP contribution >= 0.6 is 0 Å². The minimum Gasteiger partial charge on any atom is -0.383 e. The maximum absolute atomic E-state index is 13.5. The molecule has 4 aromatic heterocycles. The Kier molecular flexibility index (Phi) is 8.33. The first kappa shape index (κ1) is 31.0. The van der Waals surface area contributed by atoms with Gasteiger partial charge in [0.05, 0.1) is 11.3 Å². The molecule has 2 aliphatic rings. The van der Waals surface area contributed by atoms with E-state index >= 15 is 0 Å². The number of imidazole rings is 1. The number of allylic oxidation sites excluding steroid dienone is 4. The summed E-state index contributed by atoms with van der Waals surface area (Å²) < 4.78 is 42.5. The van der Waals surface area contributed by atoms with Crippen molar-refractivity contribution in [3.63, 3.8) is 0 Å². The number of benzene rings is 1. The predicted octanol–water partition coefficient (Wildman–Crippen LogP) is 6.47. The molecule has 1 aliphatic carbocycles. The van der Waals surface area contributed by atoms with Crippen LogP contribution in [0.5, 0.6) is 0 Å². The third-order valence-electron chi connectivity index (χ3n) is 8.65. The first-order chi connectivity index (χ1) is 23.2. The zero-order valence-electron chi connectivity index (χ0n) is 25.8. The van der Waals surface area contributed by atoms with Gasteiger partial charge >= 0.3 is 6.18 Å². The van der Waals surface area contributed by atoms with Gasteiger partial charge in [0, 0.05) is 49.3 Å². The highest BCUT2D eigenvalue weighted by Crippen LogP contribution is 2.36. The van der Waals surface area contributed by atoms with Gasteiger partial charge in [0.15, 0.2) is 11.5 Å². The van der Waals surface area contributed by atoms with Gasteiger partial charge in [0.25, 0.3) is 0 Å². The van der Waals surface area contributed by atoms with Crippen LogP contribution in [-0.4, -0.2) is 59.7 Å². The first-order valence-corrected chi connectivity index (χ1v) is 15.6. The number of hydrogen-bond donors (Lipinski definition) is 2. The highest BCUT2D eigenvalue weighted by atomic mass is 19.4. The molecule has 1 aliphatic heterocycles. The predicted molar refractivity (Wildman–Crippen MR) is 177 cm³/mol. The third kappa shape index (κ3) is 6.47. The molecular weight excluding hydrogens is 617 g/mol. The lowest BCUT2D eigenvalue weighted by Crippen LogP contribution is -2.38. The van der Waals surface area contributed by atoms with Crippen molar-refractivity contribution in [1.29, 1.82) is 5.26 Å². The molecule has 0 spiro atoms. The monoisotopic (exact) mass is 648 g/mol. The van der Waals surface area contributed by atoms with Crippen LogP contribution in [0.25, 0.3) is 33.8 Å². The van der Waals surface area contributed by atoms with Gasteiger partial charge in [-0.2, -0.15) is 18.4 Å². The van der Waals surface area contributed by atoms with Gasteiger partial charge in [0.1, 0.15) is 23.2 Å². The third-order valence-corrected chi connectivity index (χ3v) is 8.65. The molecule has 0 radical (unpaired) electrons. The van der Waals surface area contributed by atoms with Crippen LogP contribution in [0.3, 0.4) is 0 Å². The number of aromatic nitrogens is 6. The van der Waals surface area contributed by atoms with E-state index in [1.165, 1.54) is 6.08 Å². The topological polar surface area (TPSA) is 134 Å². The Morgan fingerprint density at radius 1 is 0.958 bits per heavy atom. The number of nitrogen functional groups attached to an aromatic ring is 1. The van der Waals surface area contributed by atoms with Crippen molar-refractivity contribution >= 4 is 28.4 Å². The van der Waals surface area contributed by atoms with Gasteiger partial charge in [-0.15, -0.1) is 0 Å². The van der Waals surface area contributed by atoms with Gasteiger partial charge in [0.2, 0.25) is 5.82 Å². The van der Waals surface area contributed by atoms with E-state index in [4.69, 9.17) is 21.0 Å². The van der Waals surface area contributed by atoms with Crippen molar-refractivity contribution in [2.24, 2.45) is 0 Å². The molecule has 0 bridgehead atoms. The quantitative estimate of drug-likeness (QED) is 0.204. The van der Waals surface area contributed by atoms with E-state index < -0.39 is 11.7 Å². The summed E-state index contributed by atoms with van der Waals surface area (Å²) in [6.45, 7) is 2.58. The summed E-state index contributed by atoms with van der Waals surface area (Å²) in [4.78, 5) is 24.5. The molecule has 5 heterocycles. The number of rotatable bonds is 7. The van der Waals surface area contributed by atoms with Gasteiger partial charge in [-0.1, -0.05) is 18.2 Å². The Morgan fingerprint density at radius 2 is 1.77 bits per heavy atom. The minimum absolute atomic E-state index is 0.0496. The molecule has 1 aromatic carbocycles. The number of pyridine rings is 2. The van der Waals surface area contributed by atoms with Crippen LogP contribution in [0, 0.1) is 11.3 Å². The number of fused-ring (bicyclic) bond motifs is 1. The van der Waals surface area contributed by atoms with Gasteiger partial charge in [-0.3, -0.25) is 9.47 Å². The maximum Gasteiger partial charge on any atom is 0.412 e. The molecule has 7 rings (SSSR count). The molecule has 0 atom stereocenters. The lowest BCUT2D eigenvalue weighted by molar-refractivity contribution is -0.0939. The van der Waals surface area contributed by atoms with Crippen LogP contribution < -0.4 is 11.1 Å². The molecule has 10 nitrogen and oxygen atoms in total. The van der Waals surface area contributed by atoms with Crippen molar-refractivity contribution in [1.82, 2.24) is 34.4 Å². The van der Waals surface area contributed by atoms with Crippen LogP contribution in [0.1, 0.15) is 42.8 Å². The Labute approximate surface area is 274 Å². The highest BCUT2D eigenvalue weighted by Gasteiger charge is 2.34. The van der Waals surface area contributed by atoms with E-state index in [0.29, 0.717) is 45.5 Å². The maximum atomic E-state index is 13.5. The Morgan fingerprint density at radius 3 is 2.52 bits per heavy atom.